The second kappa shape index (κ2) is 36.4. The summed E-state index contributed by atoms with van der Waals surface area (Å²) < 4.78 is 24.5. The molecule has 8 nitrogen and oxygen atoms in total. The number of aromatic hydroxyl groups is 3. The van der Waals surface area contributed by atoms with E-state index in [0.717, 1.165) is 72.6 Å². The second-order valence-electron chi connectivity index (χ2n) is 33.0. The van der Waals surface area contributed by atoms with Gasteiger partial charge in [-0.3, -0.25) is 0 Å². The monoisotopic (exact) mass is 1440 g/mol. The number of phenolic OH excluding ortho intramolecular Hbond substituents is 3. The molecule has 0 heterocycles. The van der Waals surface area contributed by atoms with Gasteiger partial charge in [0.05, 0.1) is 14.2 Å². The molecule has 0 spiro atoms. The number of benzene rings is 9. The second-order valence-corrected chi connectivity index (χ2v) is 34.1. The van der Waals surface area contributed by atoms with Crippen LogP contribution in [0.25, 0.3) is 0 Å². The largest absolute Gasteiger partial charge is 1.00 e. The summed E-state index contributed by atoms with van der Waals surface area (Å²) in [5.41, 5.74) is 11.6. The van der Waals surface area contributed by atoms with Gasteiger partial charge >= 0.3 is 29.6 Å². The number of ether oxygens (including phenoxy) is 4. The van der Waals surface area contributed by atoms with Crippen molar-refractivity contribution in [3.8, 4) is 40.2 Å². The van der Waals surface area contributed by atoms with Crippen LogP contribution in [-0.2, 0) is 21.7 Å². The standard InChI is InChI=1S/C51H60O4.C21H26O2.C10H14O.C7H6Cl2.C3H6.Na.H2O/c1-36-30-48(3,4)34-50(32-36,39-14-22-43(52-7)23-15-39)41-18-26-45(27-19-41)54-47(38-12-10-9-11-13-38)55-46-28-20-42(21-29-46)51(33-37(2)31-49(5,6)35-51)40-16-24-44(53-8)25-17-40;1-15-12-20(2,3)14-21(13-15,16-4-8-18(22)9-5-16)17-6-10-19(23)11-7-17;1-10(2,3)8-4-6-9(11)7-5-8;8-7(9)6-4-2-1-3-5-6;1-2-3-1;;/h9-29,36-37,47H,30-35H2,1-8H3;4-11,15,22-23H,12-14H2,1-3H3;4-7,11H,1-3H3;1-5,7H;1-3H2;;1H2/q;;;;;+1;/p-1. The molecule has 4 fully saturated rings. The minimum atomic E-state index is -0.619. The molecule has 9 aromatic carbocycles. The van der Waals surface area contributed by atoms with Gasteiger partial charge in [-0.05, 0) is 227 Å². The van der Waals surface area contributed by atoms with Crippen LogP contribution in [0.5, 0.6) is 40.2 Å². The van der Waals surface area contributed by atoms with E-state index in [4.69, 9.17) is 47.3 Å². The van der Waals surface area contributed by atoms with Crippen molar-refractivity contribution in [2.24, 2.45) is 34.0 Å². The van der Waals surface area contributed by atoms with Crippen LogP contribution in [0.1, 0.15) is 221 Å². The van der Waals surface area contributed by atoms with E-state index in [1.54, 1.807) is 50.6 Å². The van der Waals surface area contributed by atoms with E-state index in [1.165, 1.54) is 77.5 Å². The fourth-order valence-electron chi connectivity index (χ4n) is 17.2. The molecule has 0 radical (unpaired) electrons. The van der Waals surface area contributed by atoms with Crippen LogP contribution in [0.15, 0.2) is 231 Å². The zero-order valence-electron chi connectivity index (χ0n) is 64.0. The Morgan fingerprint density at radius 3 is 0.845 bits per heavy atom. The van der Waals surface area contributed by atoms with Crippen molar-refractivity contribution in [2.45, 2.75) is 193 Å². The van der Waals surface area contributed by atoms with E-state index in [-0.39, 0.29) is 72.9 Å². The zero-order chi connectivity index (χ0) is 72.8. The first-order valence-electron chi connectivity index (χ1n) is 36.5. The molecule has 0 saturated heterocycles. The summed E-state index contributed by atoms with van der Waals surface area (Å²) in [4.78, 5) is -0.397. The average Bonchev–Trinajstić information content (AvgIpc) is 1.66. The molecule has 4 N–H and O–H groups in total. The molecule has 103 heavy (non-hydrogen) atoms. The predicted molar refractivity (Wildman–Crippen MR) is 422 cm³/mol. The Morgan fingerprint density at radius 2 is 0.612 bits per heavy atom. The molecule has 4 saturated carbocycles. The van der Waals surface area contributed by atoms with Gasteiger partial charge in [-0.2, -0.15) is 0 Å². The van der Waals surface area contributed by atoms with Crippen molar-refractivity contribution in [3.63, 3.8) is 0 Å². The average molecular weight is 1440 g/mol. The number of phenols is 3. The van der Waals surface area contributed by atoms with Gasteiger partial charge in [-0.25, -0.2) is 0 Å². The number of hydrogen-bond acceptors (Lipinski definition) is 8. The van der Waals surface area contributed by atoms with E-state index in [9.17, 15) is 10.2 Å². The predicted octanol–water partition coefficient (Wildman–Crippen LogP) is 22.2. The van der Waals surface area contributed by atoms with Crippen molar-refractivity contribution in [3.05, 3.63) is 281 Å². The molecular weight excluding hydrogens is 1330 g/mol. The third-order valence-electron chi connectivity index (χ3n) is 20.8. The van der Waals surface area contributed by atoms with Crippen molar-refractivity contribution in [1.29, 1.82) is 0 Å². The minimum absolute atomic E-state index is 0. The van der Waals surface area contributed by atoms with Gasteiger partial charge in [-0.15, -0.1) is 23.2 Å². The van der Waals surface area contributed by atoms with Crippen LogP contribution in [0.2, 0.25) is 0 Å². The summed E-state index contributed by atoms with van der Waals surface area (Å²) in [6.07, 6.45) is 14.1. The molecule has 13 rings (SSSR count). The summed E-state index contributed by atoms with van der Waals surface area (Å²) in [7, 11) is 3.46. The van der Waals surface area contributed by atoms with Crippen molar-refractivity contribution >= 4 is 23.2 Å². The quantitative estimate of drug-likeness (QED) is 0.0558. The first-order valence-corrected chi connectivity index (χ1v) is 37.4. The number of halogens is 2. The number of methoxy groups -OCH3 is 2. The SMILES string of the molecule is C1CC1.CC(C)(C)c1ccc(O)cc1.CC1CC(C)(C)CC(c2ccc(O)cc2)(c2ccc(O)cc2)C1.COc1ccc(C2(c3ccc(OC(Oc4ccc(C5(c6ccc(OC)cc6)CC(C)CC(C)(C)C5)cc4)c4ccccc4)cc3)CC(C)CC(C)(C)C2)cc1.ClC(Cl)c1ccccc1.[Na+].[OH-]. The van der Waals surface area contributed by atoms with Gasteiger partial charge in [0.2, 0.25) is 0 Å². The maximum absolute atomic E-state index is 9.67. The molecule has 0 aromatic heterocycles. The van der Waals surface area contributed by atoms with Crippen LogP contribution in [0.4, 0.5) is 0 Å². The Bertz CT molecular complexity index is 3790. The Morgan fingerprint density at radius 1 is 0.359 bits per heavy atom. The first-order chi connectivity index (χ1) is 47.9. The van der Waals surface area contributed by atoms with Crippen LogP contribution in [-0.4, -0.2) is 35.0 Å². The number of hydrogen-bond donors (Lipinski definition) is 3. The summed E-state index contributed by atoms with van der Waals surface area (Å²) in [5, 5.41) is 28.4. The van der Waals surface area contributed by atoms with Gasteiger partial charge in [0.15, 0.2) is 0 Å². The normalized spacial score (nSPS) is 21.2. The molecule has 5 unspecified atom stereocenters. The Kier molecular flexibility index (Phi) is 29.5. The summed E-state index contributed by atoms with van der Waals surface area (Å²) in [5.74, 6) is 6.09. The van der Waals surface area contributed by atoms with Crippen LogP contribution in [0, 0.1) is 34.0 Å². The van der Waals surface area contributed by atoms with E-state index >= 15 is 0 Å². The van der Waals surface area contributed by atoms with Gasteiger partial charge in [-0.1, -0.05) is 248 Å². The molecule has 0 bridgehead atoms. The third kappa shape index (κ3) is 22.8. The molecule has 11 heteroatoms. The first kappa shape index (κ1) is 83.4. The summed E-state index contributed by atoms with van der Waals surface area (Å²) >= 11 is 11.1. The third-order valence-corrected chi connectivity index (χ3v) is 21.3. The molecule has 0 amide bonds. The van der Waals surface area contributed by atoms with E-state index in [2.05, 4.69) is 217 Å². The molecular formula is C92H113Cl2NaO8. The minimum Gasteiger partial charge on any atom is -0.870 e. The van der Waals surface area contributed by atoms with Crippen molar-refractivity contribution in [1.82, 2.24) is 0 Å². The van der Waals surface area contributed by atoms with Crippen LogP contribution < -0.4 is 48.5 Å². The summed E-state index contributed by atoms with van der Waals surface area (Å²) in [6, 6.07) is 77.5. The molecule has 0 aliphatic heterocycles. The molecule has 544 valence electrons. The summed E-state index contributed by atoms with van der Waals surface area (Å²) in [6.45, 7) is 28.0. The maximum atomic E-state index is 9.67. The van der Waals surface area contributed by atoms with Crippen molar-refractivity contribution < 1.29 is 69.3 Å². The van der Waals surface area contributed by atoms with Gasteiger partial charge < -0.3 is 39.7 Å². The molecule has 5 atom stereocenters. The van der Waals surface area contributed by atoms with E-state index in [0.29, 0.717) is 35.0 Å². The van der Waals surface area contributed by atoms with Gasteiger partial charge in [0.1, 0.15) is 45.1 Å². The Balaban J connectivity index is 0.000000249. The number of rotatable bonds is 14. The molecule has 9 aromatic rings. The van der Waals surface area contributed by atoms with Crippen LogP contribution in [0.3, 0.4) is 0 Å². The molecule has 4 aliphatic rings. The van der Waals surface area contributed by atoms with Gasteiger partial charge in [0, 0.05) is 21.8 Å². The van der Waals surface area contributed by atoms with Gasteiger partial charge in [0.25, 0.3) is 6.29 Å². The van der Waals surface area contributed by atoms with E-state index in [1.807, 2.05) is 60.7 Å². The Labute approximate surface area is 649 Å². The smallest absolute Gasteiger partial charge is 0.870 e. The van der Waals surface area contributed by atoms with Crippen LogP contribution >= 0.6 is 23.2 Å². The Hall–Kier alpha value is -6.88. The zero-order valence-corrected chi connectivity index (χ0v) is 67.5. The number of alkyl halides is 2. The van der Waals surface area contributed by atoms with E-state index < -0.39 is 11.1 Å². The van der Waals surface area contributed by atoms with Crippen molar-refractivity contribution in [2.75, 3.05) is 14.2 Å². The maximum Gasteiger partial charge on any atom is 1.00 e. The topological polar surface area (TPSA) is 128 Å². The fraction of sp³-hybridized carbons (Fsp3) is 0.413. The molecule has 4 aliphatic carbocycles. The fourth-order valence-corrected chi connectivity index (χ4v) is 17.5.